The molecule has 1 atom stereocenters. The molecule has 0 spiro atoms. The summed E-state index contributed by atoms with van der Waals surface area (Å²) in [6.45, 7) is 1.78. The summed E-state index contributed by atoms with van der Waals surface area (Å²) in [7, 11) is 0. The molecule has 4 rings (SSSR count). The zero-order valence-corrected chi connectivity index (χ0v) is 17.9. The van der Waals surface area contributed by atoms with Gasteiger partial charge in [-0.2, -0.15) is 13.2 Å². The molecule has 0 fully saturated rings. The second-order valence-corrected chi connectivity index (χ2v) is 8.05. The van der Waals surface area contributed by atoms with Gasteiger partial charge in [-0.25, -0.2) is 4.79 Å². The molecule has 0 aliphatic rings. The fourth-order valence-corrected chi connectivity index (χ4v) is 4.14. The first kappa shape index (κ1) is 22.4. The number of rotatable bonds is 6. The van der Waals surface area contributed by atoms with Crippen molar-refractivity contribution >= 4 is 16.9 Å². The number of fused-ring (bicyclic) bond motifs is 1. The molecule has 3 nitrogen and oxygen atoms in total. The first-order chi connectivity index (χ1) is 15.7. The largest absolute Gasteiger partial charge is 0.478 e. The van der Waals surface area contributed by atoms with Crippen molar-refractivity contribution in [2.45, 2.75) is 25.6 Å². The molecule has 1 N–H and O–H groups in total. The van der Waals surface area contributed by atoms with Gasteiger partial charge in [0.05, 0.1) is 11.6 Å². The number of carboxylic acids is 1. The van der Waals surface area contributed by atoms with Crippen LogP contribution in [0.5, 0.6) is 0 Å². The molecule has 0 saturated carbocycles. The van der Waals surface area contributed by atoms with E-state index in [4.69, 9.17) is 5.11 Å². The molecule has 168 valence electrons. The quantitative estimate of drug-likeness (QED) is 0.326. The summed E-state index contributed by atoms with van der Waals surface area (Å²) >= 11 is 0. The predicted octanol–water partition coefficient (Wildman–Crippen LogP) is 6.87. The van der Waals surface area contributed by atoms with Gasteiger partial charge in [0.2, 0.25) is 0 Å². The highest BCUT2D eigenvalue weighted by atomic mass is 19.4. The van der Waals surface area contributed by atoms with Gasteiger partial charge >= 0.3 is 12.1 Å². The molecule has 0 saturated heterocycles. The molecular formula is C27H22F3NO2. The first-order valence-corrected chi connectivity index (χ1v) is 10.4. The monoisotopic (exact) mass is 449 g/mol. The number of carbonyl (C=O) groups is 1. The number of hydrogen-bond acceptors (Lipinski definition) is 1. The predicted molar refractivity (Wildman–Crippen MR) is 122 cm³/mol. The van der Waals surface area contributed by atoms with E-state index in [9.17, 15) is 18.0 Å². The Balaban J connectivity index is 1.76. The lowest BCUT2D eigenvalue weighted by atomic mass is 9.97. The van der Waals surface area contributed by atoms with E-state index in [1.165, 1.54) is 18.2 Å². The van der Waals surface area contributed by atoms with Crippen molar-refractivity contribution in [1.82, 2.24) is 4.57 Å². The number of alkyl halides is 3. The summed E-state index contributed by atoms with van der Waals surface area (Å²) in [6, 6.07) is 22.5. The van der Waals surface area contributed by atoms with Crippen LogP contribution in [0, 0.1) is 0 Å². The highest BCUT2D eigenvalue weighted by Crippen LogP contribution is 2.34. The Hall–Kier alpha value is -3.80. The highest BCUT2D eigenvalue weighted by Gasteiger charge is 2.30. The average Bonchev–Trinajstić information content (AvgIpc) is 3.17. The van der Waals surface area contributed by atoms with Crippen molar-refractivity contribution in [3.8, 4) is 0 Å². The van der Waals surface area contributed by atoms with Gasteiger partial charge in [-0.15, -0.1) is 0 Å². The van der Waals surface area contributed by atoms with E-state index in [2.05, 4.69) is 4.57 Å². The van der Waals surface area contributed by atoms with Crippen LogP contribution in [-0.2, 0) is 17.4 Å². The molecule has 33 heavy (non-hydrogen) atoms. The van der Waals surface area contributed by atoms with E-state index in [0.717, 1.165) is 45.3 Å². The molecule has 0 aliphatic heterocycles. The Morgan fingerprint density at radius 3 is 2.27 bits per heavy atom. The van der Waals surface area contributed by atoms with Gasteiger partial charge in [0, 0.05) is 17.8 Å². The smallest absolute Gasteiger partial charge is 0.416 e. The molecule has 1 aromatic heterocycles. The van der Waals surface area contributed by atoms with E-state index < -0.39 is 17.7 Å². The molecule has 1 heterocycles. The second kappa shape index (κ2) is 8.98. The molecule has 6 heteroatoms. The molecule has 0 radical (unpaired) electrons. The van der Waals surface area contributed by atoms with Crippen molar-refractivity contribution < 1.29 is 23.1 Å². The lowest BCUT2D eigenvalue weighted by Gasteiger charge is -2.22. The maximum absolute atomic E-state index is 13.1. The molecule has 4 aromatic rings. The topological polar surface area (TPSA) is 42.2 Å². The van der Waals surface area contributed by atoms with Crippen molar-refractivity contribution in [3.05, 3.63) is 119 Å². The van der Waals surface area contributed by atoms with Crippen molar-refractivity contribution in [2.75, 3.05) is 0 Å². The molecule has 0 bridgehead atoms. The van der Waals surface area contributed by atoms with Crippen LogP contribution in [0.25, 0.3) is 10.9 Å². The summed E-state index contributed by atoms with van der Waals surface area (Å²) < 4.78 is 41.3. The van der Waals surface area contributed by atoms with E-state index in [1.807, 2.05) is 60.8 Å². The van der Waals surface area contributed by atoms with E-state index in [1.54, 1.807) is 6.92 Å². The Morgan fingerprint density at radius 1 is 0.970 bits per heavy atom. The Labute approximate surface area is 189 Å². The minimum Gasteiger partial charge on any atom is -0.478 e. The minimum absolute atomic E-state index is 0.300. The number of carboxylic acid groups (broad SMARTS) is 1. The van der Waals surface area contributed by atoms with Crippen LogP contribution in [0.3, 0.4) is 0 Å². The molecular weight excluding hydrogens is 427 g/mol. The fraction of sp³-hybridized carbons (Fsp3) is 0.148. The number of benzene rings is 3. The van der Waals surface area contributed by atoms with Crippen molar-refractivity contribution in [1.29, 1.82) is 0 Å². The van der Waals surface area contributed by atoms with Gasteiger partial charge in [-0.3, -0.25) is 0 Å². The summed E-state index contributed by atoms with van der Waals surface area (Å²) in [5, 5.41) is 9.91. The summed E-state index contributed by atoms with van der Waals surface area (Å²) in [5.41, 5.74) is 3.70. The standard InChI is InChI=1S/C27H22F3NO2/c1-18(16-25(32)33)15-19-7-12-24-22(17-19)13-14-31(24)26(20-5-3-2-4-6-20)21-8-10-23(11-9-21)27(28,29)30/h2-14,16-17,26H,15H2,1H3,(H,32,33). The maximum atomic E-state index is 13.1. The van der Waals surface area contributed by atoms with Crippen LogP contribution in [0.15, 0.2) is 96.7 Å². The average molecular weight is 449 g/mol. The molecule has 1 unspecified atom stereocenters. The van der Waals surface area contributed by atoms with E-state index in [0.29, 0.717) is 6.42 Å². The van der Waals surface area contributed by atoms with Crippen LogP contribution < -0.4 is 0 Å². The first-order valence-electron chi connectivity index (χ1n) is 10.4. The summed E-state index contributed by atoms with van der Waals surface area (Å²) in [4.78, 5) is 10.9. The molecule has 3 aromatic carbocycles. The van der Waals surface area contributed by atoms with Gasteiger partial charge in [-0.1, -0.05) is 54.1 Å². The number of aromatic nitrogens is 1. The molecule has 0 aliphatic carbocycles. The van der Waals surface area contributed by atoms with Crippen LogP contribution in [-0.4, -0.2) is 15.6 Å². The SMILES string of the molecule is CC(=CC(=O)O)Cc1ccc2c(ccn2C(c2ccccc2)c2ccc(C(F)(F)F)cc2)c1. The van der Waals surface area contributed by atoms with Crippen molar-refractivity contribution in [2.24, 2.45) is 0 Å². The van der Waals surface area contributed by atoms with Gasteiger partial charge in [0.25, 0.3) is 0 Å². The highest BCUT2D eigenvalue weighted by molar-refractivity contribution is 5.82. The number of hydrogen-bond donors (Lipinski definition) is 1. The van der Waals surface area contributed by atoms with Crippen LogP contribution in [0.2, 0.25) is 0 Å². The van der Waals surface area contributed by atoms with E-state index in [-0.39, 0.29) is 6.04 Å². The minimum atomic E-state index is -4.38. The lowest BCUT2D eigenvalue weighted by molar-refractivity contribution is -0.137. The fourth-order valence-electron chi connectivity index (χ4n) is 4.14. The Morgan fingerprint density at radius 2 is 1.64 bits per heavy atom. The van der Waals surface area contributed by atoms with Crippen LogP contribution >= 0.6 is 0 Å². The lowest BCUT2D eigenvalue weighted by Crippen LogP contribution is -2.12. The number of nitrogens with zero attached hydrogens (tertiary/aromatic N) is 1. The zero-order valence-electron chi connectivity index (χ0n) is 17.9. The van der Waals surface area contributed by atoms with Gasteiger partial charge in [0.15, 0.2) is 0 Å². The zero-order chi connectivity index (χ0) is 23.6. The normalized spacial score (nSPS) is 13.3. The summed E-state index contributed by atoms with van der Waals surface area (Å²) in [5.74, 6) is -0.970. The second-order valence-electron chi connectivity index (χ2n) is 8.05. The number of halogens is 3. The maximum Gasteiger partial charge on any atom is 0.416 e. The Bertz CT molecular complexity index is 1300. The van der Waals surface area contributed by atoms with Crippen LogP contribution in [0.1, 0.15) is 35.2 Å². The van der Waals surface area contributed by atoms with Gasteiger partial charge < -0.3 is 9.67 Å². The summed E-state index contributed by atoms with van der Waals surface area (Å²) in [6.07, 6.45) is -0.728. The van der Waals surface area contributed by atoms with Gasteiger partial charge in [-0.05, 0) is 65.8 Å². The third kappa shape index (κ3) is 5.00. The molecule has 0 amide bonds. The number of allylic oxidation sites excluding steroid dienone is 1. The van der Waals surface area contributed by atoms with Gasteiger partial charge in [0.1, 0.15) is 0 Å². The van der Waals surface area contributed by atoms with E-state index >= 15 is 0 Å². The number of aliphatic carboxylic acids is 1. The van der Waals surface area contributed by atoms with Crippen molar-refractivity contribution in [3.63, 3.8) is 0 Å². The van der Waals surface area contributed by atoms with Crippen LogP contribution in [0.4, 0.5) is 13.2 Å². The third-order valence-corrected chi connectivity index (χ3v) is 5.58. The third-order valence-electron chi connectivity index (χ3n) is 5.58. The Kier molecular flexibility index (Phi) is 6.09.